The number of hydrogen-bond donors (Lipinski definition) is 3. The standard InChI is InChI=1S/C24H26N6O3.3H2/c1-15-7-8-18(11-20(15)17-13-25-21-6-4-10-29(21)14-17)26-23(33)30-19-5-3-9-24(30,12-19)22(32)28-27-16(2)31;;;/h4,6-8,10-11,13-14,19H,3,5,9,12H2,1-2H3,(H,26,33)(H,27,31)(H,28,32);3*1H. The Kier molecular flexibility index (Phi) is 5.03. The van der Waals surface area contributed by atoms with Crippen molar-refractivity contribution in [1.82, 2.24) is 25.1 Å². The number of fused-ring (bicyclic) bond motifs is 3. The van der Waals surface area contributed by atoms with Gasteiger partial charge in [-0.3, -0.25) is 20.4 Å². The van der Waals surface area contributed by atoms with Gasteiger partial charge in [0.25, 0.3) is 5.91 Å². The van der Waals surface area contributed by atoms with Gasteiger partial charge in [-0.05, 0) is 61.6 Å². The number of hydrogen-bond acceptors (Lipinski definition) is 4. The molecule has 5 rings (SSSR count). The summed E-state index contributed by atoms with van der Waals surface area (Å²) >= 11 is 0. The molecule has 33 heavy (non-hydrogen) atoms. The first-order valence-corrected chi connectivity index (χ1v) is 11.1. The number of nitrogens with one attached hydrogen (secondary N) is 3. The lowest BCUT2D eigenvalue weighted by Crippen LogP contribution is -2.76. The molecule has 1 aliphatic heterocycles. The van der Waals surface area contributed by atoms with Crippen molar-refractivity contribution in [3.05, 3.63) is 54.5 Å². The number of carbonyl (C=O) groups is 3. The summed E-state index contributed by atoms with van der Waals surface area (Å²) in [6.45, 7) is 3.34. The van der Waals surface area contributed by atoms with E-state index >= 15 is 0 Å². The van der Waals surface area contributed by atoms with Gasteiger partial charge in [0.05, 0.1) is 0 Å². The zero-order valence-corrected chi connectivity index (χ0v) is 18.6. The molecule has 2 unspecified atom stereocenters. The second-order valence-corrected chi connectivity index (χ2v) is 8.86. The quantitative estimate of drug-likeness (QED) is 0.526. The fraction of sp³-hybridized carbons (Fsp3) is 0.333. The molecule has 2 fully saturated rings. The van der Waals surface area contributed by atoms with E-state index < -0.39 is 5.54 Å². The van der Waals surface area contributed by atoms with Gasteiger partial charge < -0.3 is 14.6 Å². The summed E-state index contributed by atoms with van der Waals surface area (Å²) in [7, 11) is 0. The number of rotatable bonds is 3. The van der Waals surface area contributed by atoms with Crippen LogP contribution in [0.5, 0.6) is 0 Å². The zero-order chi connectivity index (χ0) is 23.2. The fourth-order valence-corrected chi connectivity index (χ4v) is 5.09. The molecular formula is C24H32N6O3. The molecule has 1 saturated carbocycles. The van der Waals surface area contributed by atoms with Crippen LogP contribution in [0, 0.1) is 6.92 Å². The van der Waals surface area contributed by atoms with Crippen LogP contribution in [0.2, 0.25) is 0 Å². The van der Waals surface area contributed by atoms with Crippen LogP contribution < -0.4 is 16.2 Å². The third-order valence-electron chi connectivity index (χ3n) is 6.69. The normalized spacial score (nSPS) is 21.3. The van der Waals surface area contributed by atoms with Gasteiger partial charge in [0, 0.05) is 53.5 Å². The third kappa shape index (κ3) is 3.59. The van der Waals surface area contributed by atoms with E-state index in [2.05, 4.69) is 21.2 Å². The molecule has 3 N–H and O–H groups in total. The Bertz CT molecular complexity index is 1280. The lowest BCUT2D eigenvalue weighted by atomic mass is 9.67. The number of aryl methyl sites for hydroxylation is 1. The lowest BCUT2D eigenvalue weighted by Gasteiger charge is -2.60. The van der Waals surface area contributed by atoms with Gasteiger partial charge in [0.15, 0.2) is 0 Å². The molecule has 3 heterocycles. The zero-order valence-electron chi connectivity index (χ0n) is 18.6. The van der Waals surface area contributed by atoms with Crippen LogP contribution in [0.15, 0.2) is 48.9 Å². The minimum absolute atomic E-state index is 0. The highest BCUT2D eigenvalue weighted by atomic mass is 16.2. The molecule has 0 radical (unpaired) electrons. The number of aromatic nitrogens is 2. The van der Waals surface area contributed by atoms with Crippen molar-refractivity contribution < 1.29 is 18.7 Å². The summed E-state index contributed by atoms with van der Waals surface area (Å²) in [5.41, 5.74) is 8.37. The average molecular weight is 453 g/mol. The van der Waals surface area contributed by atoms with E-state index in [9.17, 15) is 14.4 Å². The maximum Gasteiger partial charge on any atom is 0.323 e. The van der Waals surface area contributed by atoms with Crippen molar-refractivity contribution in [1.29, 1.82) is 0 Å². The van der Waals surface area contributed by atoms with E-state index in [1.165, 1.54) is 6.92 Å². The van der Waals surface area contributed by atoms with Crippen LogP contribution >= 0.6 is 0 Å². The first kappa shape index (κ1) is 21.0. The van der Waals surface area contributed by atoms with Crippen LogP contribution in [0.4, 0.5) is 10.5 Å². The van der Waals surface area contributed by atoms with Crippen molar-refractivity contribution in [3.8, 4) is 11.1 Å². The topological polar surface area (TPSA) is 108 Å². The molecule has 2 aliphatic rings. The Balaban J connectivity index is 0.00000152. The molecule has 1 aliphatic carbocycles. The van der Waals surface area contributed by atoms with Crippen LogP contribution in [0.25, 0.3) is 16.8 Å². The first-order chi connectivity index (χ1) is 15.9. The highest BCUT2D eigenvalue weighted by molar-refractivity contribution is 5.99. The average Bonchev–Trinajstić information content (AvgIpc) is 3.26. The van der Waals surface area contributed by atoms with Gasteiger partial charge in [-0.25, -0.2) is 9.78 Å². The smallest absolute Gasteiger partial charge is 0.308 e. The van der Waals surface area contributed by atoms with Crippen LogP contribution in [-0.4, -0.2) is 43.7 Å². The Morgan fingerprint density at radius 2 is 2.06 bits per heavy atom. The number of anilines is 1. The predicted octanol–water partition coefficient (Wildman–Crippen LogP) is 3.74. The molecule has 2 aromatic heterocycles. The minimum atomic E-state index is -0.924. The van der Waals surface area contributed by atoms with Gasteiger partial charge in [0.2, 0.25) is 5.91 Å². The number of piperidine rings is 1. The van der Waals surface area contributed by atoms with Crippen LogP contribution in [0.3, 0.4) is 0 Å². The van der Waals surface area contributed by atoms with E-state index in [0.29, 0.717) is 18.5 Å². The summed E-state index contributed by atoms with van der Waals surface area (Å²) < 4.78 is 1.96. The molecule has 2 atom stereocenters. The highest BCUT2D eigenvalue weighted by Gasteiger charge is 2.61. The molecular weight excluding hydrogens is 420 g/mol. The van der Waals surface area contributed by atoms with E-state index in [0.717, 1.165) is 35.2 Å². The maximum atomic E-state index is 13.3. The van der Waals surface area contributed by atoms with E-state index in [4.69, 9.17) is 0 Å². The van der Waals surface area contributed by atoms with Crippen molar-refractivity contribution in [2.24, 2.45) is 0 Å². The number of carbonyl (C=O) groups excluding carboxylic acids is 3. The second kappa shape index (κ2) is 7.91. The van der Waals surface area contributed by atoms with Gasteiger partial charge in [-0.15, -0.1) is 0 Å². The summed E-state index contributed by atoms with van der Waals surface area (Å²) in [5, 5.41) is 2.98. The summed E-state index contributed by atoms with van der Waals surface area (Å²) in [6.07, 6.45) is 8.69. The maximum absolute atomic E-state index is 13.3. The molecule has 0 spiro atoms. The Hall–Kier alpha value is -3.88. The van der Waals surface area contributed by atoms with Crippen molar-refractivity contribution >= 4 is 29.2 Å². The number of hydrazine groups is 1. The molecule has 1 aromatic carbocycles. The van der Waals surface area contributed by atoms with Crippen molar-refractivity contribution in [3.63, 3.8) is 0 Å². The molecule has 2 bridgehead atoms. The summed E-state index contributed by atoms with van der Waals surface area (Å²) in [5.74, 6) is -0.707. The van der Waals surface area contributed by atoms with Gasteiger partial charge in [0.1, 0.15) is 11.2 Å². The Morgan fingerprint density at radius 1 is 1.21 bits per heavy atom. The number of likely N-dealkylation sites (tertiary alicyclic amines) is 1. The largest absolute Gasteiger partial charge is 0.323 e. The SMILES string of the molecule is CC(=O)NNC(=O)C12CCCC(C1)N2C(=O)Nc1ccc(C)c(-c2cnc3cccn3c2)c1.[HH].[HH].[HH]. The molecule has 9 nitrogen and oxygen atoms in total. The lowest BCUT2D eigenvalue weighted by molar-refractivity contribution is -0.153. The van der Waals surface area contributed by atoms with E-state index in [1.54, 1.807) is 4.90 Å². The fourth-order valence-electron chi connectivity index (χ4n) is 5.09. The molecule has 1 saturated heterocycles. The second-order valence-electron chi connectivity index (χ2n) is 8.86. The van der Waals surface area contributed by atoms with Gasteiger partial charge >= 0.3 is 6.03 Å². The summed E-state index contributed by atoms with van der Waals surface area (Å²) in [6, 6.07) is 9.34. The van der Waals surface area contributed by atoms with Crippen molar-refractivity contribution in [2.45, 2.75) is 51.1 Å². The number of benzene rings is 1. The monoisotopic (exact) mass is 452 g/mol. The molecule has 4 amide bonds. The van der Waals surface area contributed by atoms with Crippen LogP contribution in [-0.2, 0) is 9.59 Å². The van der Waals surface area contributed by atoms with E-state index in [1.807, 2.05) is 60.2 Å². The third-order valence-corrected chi connectivity index (χ3v) is 6.69. The molecule has 3 aromatic rings. The number of amides is 4. The highest BCUT2D eigenvalue weighted by Crippen LogP contribution is 2.48. The number of urea groups is 1. The van der Waals surface area contributed by atoms with Gasteiger partial charge in [-0.1, -0.05) is 6.07 Å². The number of nitrogens with zero attached hydrogens (tertiary/aromatic N) is 3. The molecule has 9 heteroatoms. The first-order valence-electron chi connectivity index (χ1n) is 11.1. The van der Waals surface area contributed by atoms with E-state index in [-0.39, 0.29) is 28.2 Å². The Morgan fingerprint density at radius 3 is 2.85 bits per heavy atom. The Labute approximate surface area is 195 Å². The van der Waals surface area contributed by atoms with Gasteiger partial charge in [-0.2, -0.15) is 0 Å². The van der Waals surface area contributed by atoms with Crippen molar-refractivity contribution in [2.75, 3.05) is 5.32 Å². The van der Waals surface area contributed by atoms with Crippen LogP contribution in [0.1, 0.15) is 42.5 Å². The molecule has 176 valence electrons. The summed E-state index contributed by atoms with van der Waals surface area (Å²) in [4.78, 5) is 43.4. The predicted molar refractivity (Wildman–Crippen MR) is 130 cm³/mol. The minimum Gasteiger partial charge on any atom is -0.308 e.